The molecule has 0 saturated carbocycles. The Morgan fingerprint density at radius 3 is 2.52 bits per heavy atom. The topological polar surface area (TPSA) is 73.1 Å². The number of hydrogen-bond donors (Lipinski definition) is 0. The minimum atomic E-state index is -0.734. The molecular weight excluding hydrogens is 364 g/mol. The number of Topliss-reactive ketones (excluding diaryl/α,β-unsaturated/α-hetero) is 1. The molecule has 0 N–H and O–H groups in total. The molecule has 0 aromatic heterocycles. The minimum Gasteiger partial charge on any atom is -0.290 e. The van der Waals surface area contributed by atoms with E-state index in [9.17, 15) is 14.4 Å². The van der Waals surface area contributed by atoms with E-state index >= 15 is 0 Å². The van der Waals surface area contributed by atoms with Crippen LogP contribution in [-0.4, -0.2) is 71.0 Å². The van der Waals surface area contributed by atoms with Crippen molar-refractivity contribution in [2.75, 3.05) is 20.6 Å². The van der Waals surface area contributed by atoms with Crippen molar-refractivity contribution in [3.8, 4) is 0 Å². The van der Waals surface area contributed by atoms with Crippen LogP contribution in [-0.2, 0) is 4.79 Å². The van der Waals surface area contributed by atoms with Crippen LogP contribution in [0.2, 0.25) is 0 Å². The van der Waals surface area contributed by atoms with Crippen LogP contribution in [0.4, 0.5) is 4.79 Å². The van der Waals surface area contributed by atoms with E-state index < -0.39 is 12.1 Å². The number of amidine groups is 1. The van der Waals surface area contributed by atoms with Crippen LogP contribution in [0.5, 0.6) is 0 Å². The van der Waals surface area contributed by atoms with Crippen molar-refractivity contribution in [2.45, 2.75) is 6.04 Å². The van der Waals surface area contributed by atoms with Gasteiger partial charge in [-0.1, -0.05) is 28.1 Å². The fourth-order valence-electron chi connectivity index (χ4n) is 2.57. The van der Waals surface area contributed by atoms with Gasteiger partial charge in [0.2, 0.25) is 5.78 Å². The van der Waals surface area contributed by atoms with Gasteiger partial charge in [0, 0.05) is 24.1 Å². The van der Waals surface area contributed by atoms with E-state index in [0.29, 0.717) is 11.4 Å². The van der Waals surface area contributed by atoms with Crippen molar-refractivity contribution in [1.82, 2.24) is 9.80 Å². The summed E-state index contributed by atoms with van der Waals surface area (Å²) in [6.45, 7) is 0.0148. The summed E-state index contributed by atoms with van der Waals surface area (Å²) in [5.74, 6) is -0.161. The molecule has 0 radical (unpaired) electrons. The molecule has 1 unspecified atom stereocenters. The summed E-state index contributed by atoms with van der Waals surface area (Å²) < 4.78 is 2.44. The third-order valence-electron chi connectivity index (χ3n) is 3.89. The smallest absolute Gasteiger partial charge is 0.290 e. The zero-order chi connectivity index (χ0) is 16.7. The average Bonchev–Trinajstić information content (AvgIpc) is 2.95. The highest BCUT2D eigenvalue weighted by molar-refractivity contribution is 9.10. The van der Waals surface area contributed by atoms with E-state index in [1.165, 1.54) is 18.3 Å². The Morgan fingerprint density at radius 1 is 1.22 bits per heavy atom. The molecule has 2 aliphatic heterocycles. The maximum absolute atomic E-state index is 12.4. The molecule has 0 bridgehead atoms. The molecule has 2 heterocycles. The van der Waals surface area contributed by atoms with Gasteiger partial charge >= 0.3 is 6.03 Å². The number of benzene rings is 1. The highest BCUT2D eigenvalue weighted by atomic mass is 79.9. The molecule has 8 heteroatoms. The lowest BCUT2D eigenvalue weighted by Crippen LogP contribution is -2.61. The number of carbonyl (C=O) groups is 3. The molecule has 1 saturated heterocycles. The van der Waals surface area contributed by atoms with E-state index in [1.807, 2.05) is 0 Å². The second kappa shape index (κ2) is 5.69. The van der Waals surface area contributed by atoms with Crippen LogP contribution in [0.1, 0.15) is 10.4 Å². The van der Waals surface area contributed by atoms with E-state index in [2.05, 4.69) is 20.9 Å². The quantitative estimate of drug-likeness (QED) is 0.582. The average molecular weight is 378 g/mol. The molecule has 23 heavy (non-hydrogen) atoms. The Labute approximate surface area is 141 Å². The third kappa shape index (κ3) is 2.59. The van der Waals surface area contributed by atoms with Gasteiger partial charge < -0.3 is 0 Å². The number of aliphatic imine (C=N–C) groups is 1. The zero-order valence-electron chi connectivity index (χ0n) is 12.6. The number of halogens is 1. The molecule has 1 fully saturated rings. The number of hydrogen-bond acceptors (Lipinski definition) is 4. The number of ketones is 1. The summed E-state index contributed by atoms with van der Waals surface area (Å²) in [7, 11) is 2.98. The molecule has 1 aromatic carbocycles. The number of urea groups is 1. The van der Waals surface area contributed by atoms with Gasteiger partial charge in [-0.2, -0.15) is 0 Å². The normalized spacial score (nSPS) is 20.4. The van der Waals surface area contributed by atoms with Gasteiger partial charge in [-0.05, 0) is 17.1 Å². The van der Waals surface area contributed by atoms with Crippen LogP contribution >= 0.6 is 15.9 Å². The van der Waals surface area contributed by atoms with E-state index in [-0.39, 0.29) is 18.2 Å². The molecule has 3 amide bonds. The maximum Gasteiger partial charge on any atom is 0.333 e. The number of imide groups is 1. The lowest BCUT2D eigenvalue weighted by Gasteiger charge is -2.30. The third-order valence-corrected chi connectivity index (χ3v) is 4.42. The Balaban J connectivity index is 1.81. The SMILES string of the molecule is CN1C(=O)C2C(=NC=[N+]2CC(=O)c2ccc(Br)cc2)N(C)C1=O. The minimum absolute atomic E-state index is 0.0148. The first-order valence-corrected chi connectivity index (χ1v) is 7.70. The number of rotatable bonds is 3. The van der Waals surface area contributed by atoms with Gasteiger partial charge in [-0.15, -0.1) is 0 Å². The van der Waals surface area contributed by atoms with Crippen molar-refractivity contribution in [1.29, 1.82) is 0 Å². The number of amides is 3. The molecule has 2 aliphatic rings. The summed E-state index contributed by atoms with van der Waals surface area (Å²) >= 11 is 3.32. The van der Waals surface area contributed by atoms with E-state index in [1.54, 1.807) is 35.9 Å². The van der Waals surface area contributed by atoms with Crippen LogP contribution < -0.4 is 0 Å². The van der Waals surface area contributed by atoms with Gasteiger partial charge in [-0.3, -0.25) is 19.4 Å². The Kier molecular flexibility index (Phi) is 3.85. The fraction of sp³-hybridized carbons (Fsp3) is 0.267. The highest BCUT2D eigenvalue weighted by Crippen LogP contribution is 2.17. The highest BCUT2D eigenvalue weighted by Gasteiger charge is 2.50. The van der Waals surface area contributed by atoms with Crippen molar-refractivity contribution in [3.63, 3.8) is 0 Å². The molecule has 7 nitrogen and oxygen atoms in total. The summed E-state index contributed by atoms with van der Waals surface area (Å²) in [6, 6.07) is 5.84. The monoisotopic (exact) mass is 377 g/mol. The second-order valence-corrected chi connectivity index (χ2v) is 6.26. The van der Waals surface area contributed by atoms with Gasteiger partial charge in [0.15, 0.2) is 0 Å². The molecule has 3 rings (SSSR count). The van der Waals surface area contributed by atoms with Crippen LogP contribution in [0.25, 0.3) is 0 Å². The summed E-state index contributed by atoms with van der Waals surface area (Å²) in [4.78, 5) is 43.1. The molecule has 118 valence electrons. The molecule has 0 spiro atoms. The van der Waals surface area contributed by atoms with Crippen LogP contribution in [0.15, 0.2) is 33.7 Å². The fourth-order valence-corrected chi connectivity index (χ4v) is 2.83. The summed E-state index contributed by atoms with van der Waals surface area (Å²) in [5.41, 5.74) is 0.552. The number of fused-ring (bicyclic) bond motifs is 1. The van der Waals surface area contributed by atoms with Crippen LogP contribution in [0, 0.1) is 0 Å². The predicted molar refractivity (Wildman–Crippen MR) is 86.8 cm³/mol. The van der Waals surface area contributed by atoms with Gasteiger partial charge in [0.1, 0.15) is 6.54 Å². The second-order valence-electron chi connectivity index (χ2n) is 5.35. The van der Waals surface area contributed by atoms with Gasteiger partial charge in [0.05, 0.1) is 0 Å². The lowest BCUT2D eigenvalue weighted by atomic mass is 10.1. The van der Waals surface area contributed by atoms with Gasteiger partial charge in [0.25, 0.3) is 24.1 Å². The summed E-state index contributed by atoms with van der Waals surface area (Å²) in [5, 5.41) is 0. The first-order valence-electron chi connectivity index (χ1n) is 6.91. The molecular formula is C15H14BrN4O3+. The Morgan fingerprint density at radius 2 is 1.87 bits per heavy atom. The van der Waals surface area contributed by atoms with Crippen molar-refractivity contribution in [3.05, 3.63) is 34.3 Å². The van der Waals surface area contributed by atoms with Gasteiger partial charge in [-0.25, -0.2) is 9.37 Å². The molecule has 1 aromatic rings. The number of carbonyl (C=O) groups excluding carboxylic acids is 3. The van der Waals surface area contributed by atoms with Crippen molar-refractivity contribution < 1.29 is 19.0 Å². The van der Waals surface area contributed by atoms with Crippen molar-refractivity contribution >= 4 is 45.8 Å². The van der Waals surface area contributed by atoms with Crippen molar-refractivity contribution in [2.24, 2.45) is 4.99 Å². The van der Waals surface area contributed by atoms with E-state index in [0.717, 1.165) is 9.37 Å². The van der Waals surface area contributed by atoms with E-state index in [4.69, 9.17) is 0 Å². The standard InChI is InChI=1S/C15H14BrN4O3/c1-18-13-12(14(22)19(2)15(18)23)20(8-17-13)7-11(21)9-3-5-10(16)6-4-9/h3-6,8,12H,7H2,1-2H3/q+1. The predicted octanol–water partition coefficient (Wildman–Crippen LogP) is 0.977. The van der Waals surface area contributed by atoms with Crippen LogP contribution in [0.3, 0.4) is 0 Å². The number of nitrogens with zero attached hydrogens (tertiary/aromatic N) is 4. The maximum atomic E-state index is 12.4. The first kappa shape index (κ1) is 15.5. The zero-order valence-corrected chi connectivity index (χ0v) is 14.1. The Bertz CT molecular complexity index is 769. The molecule has 0 aliphatic carbocycles. The Hall–Kier alpha value is -2.35. The summed E-state index contributed by atoms with van der Waals surface area (Å²) in [6.07, 6.45) is 1.44. The number of likely N-dealkylation sites (N-methyl/N-ethyl adjacent to an activating group) is 2. The lowest BCUT2D eigenvalue weighted by molar-refractivity contribution is -0.518. The molecule has 1 atom stereocenters. The first-order chi connectivity index (χ1) is 10.9. The largest absolute Gasteiger partial charge is 0.333 e.